The monoisotopic (exact) mass is 212 g/mol. The Kier molecular flexibility index (Phi) is 4.63. The van der Waals surface area contributed by atoms with Crippen LogP contribution in [0.5, 0.6) is 0 Å². The van der Waals surface area contributed by atoms with E-state index in [1.54, 1.807) is 13.2 Å². The van der Waals surface area contributed by atoms with Crippen LogP contribution in [-0.2, 0) is 16.0 Å². The molecule has 3 heteroatoms. The van der Waals surface area contributed by atoms with Crippen molar-refractivity contribution in [3.05, 3.63) is 34.9 Å². The highest BCUT2D eigenvalue weighted by atomic mass is 35.5. The number of benzene rings is 1. The zero-order valence-corrected chi connectivity index (χ0v) is 8.88. The molecule has 0 unspecified atom stereocenters. The Labute approximate surface area is 88.8 Å². The number of carbonyl (C=O) groups is 1. The third-order valence-corrected chi connectivity index (χ3v) is 2.30. The summed E-state index contributed by atoms with van der Waals surface area (Å²) in [7, 11) is 1.59. The summed E-state index contributed by atoms with van der Waals surface area (Å²) in [6.07, 6.45) is 0.838. The minimum atomic E-state index is 0.153. The number of carbonyl (C=O) groups excluding carboxylic acids is 1. The minimum Gasteiger partial charge on any atom is -0.384 e. The van der Waals surface area contributed by atoms with Crippen LogP contribution >= 0.6 is 11.6 Å². The molecular formula is C11H13ClO2. The van der Waals surface area contributed by atoms with E-state index in [1.807, 2.05) is 18.2 Å². The Morgan fingerprint density at radius 2 is 2.14 bits per heavy atom. The van der Waals surface area contributed by atoms with Gasteiger partial charge in [0.15, 0.2) is 0 Å². The van der Waals surface area contributed by atoms with Crippen molar-refractivity contribution < 1.29 is 9.53 Å². The first-order valence-electron chi connectivity index (χ1n) is 4.48. The molecule has 0 saturated carbocycles. The zero-order chi connectivity index (χ0) is 10.4. The SMILES string of the molecule is COCCC(=O)Cc1ccccc1Cl. The average Bonchev–Trinajstić information content (AvgIpc) is 2.18. The topological polar surface area (TPSA) is 26.3 Å². The fraction of sp³-hybridized carbons (Fsp3) is 0.364. The van der Waals surface area contributed by atoms with Crippen LogP contribution in [0.4, 0.5) is 0 Å². The van der Waals surface area contributed by atoms with Crippen LogP contribution in [0.25, 0.3) is 0 Å². The summed E-state index contributed by atoms with van der Waals surface area (Å²) in [5.74, 6) is 0.153. The van der Waals surface area contributed by atoms with E-state index in [4.69, 9.17) is 16.3 Å². The third kappa shape index (κ3) is 3.48. The lowest BCUT2D eigenvalue weighted by atomic mass is 10.1. The Bertz CT molecular complexity index is 310. The highest BCUT2D eigenvalue weighted by Crippen LogP contribution is 2.15. The van der Waals surface area contributed by atoms with Crippen molar-refractivity contribution in [3.63, 3.8) is 0 Å². The van der Waals surface area contributed by atoms with Gasteiger partial charge in [-0.25, -0.2) is 0 Å². The molecule has 0 fully saturated rings. The number of ketones is 1. The Hall–Kier alpha value is -0.860. The van der Waals surface area contributed by atoms with E-state index in [1.165, 1.54) is 0 Å². The maximum atomic E-state index is 11.4. The van der Waals surface area contributed by atoms with E-state index in [0.29, 0.717) is 24.5 Å². The van der Waals surface area contributed by atoms with Crippen LogP contribution in [0.2, 0.25) is 5.02 Å². The molecule has 0 bridgehead atoms. The summed E-state index contributed by atoms with van der Waals surface area (Å²) in [5, 5.41) is 0.651. The number of hydrogen-bond donors (Lipinski definition) is 0. The van der Waals surface area contributed by atoms with Crippen molar-refractivity contribution in [3.8, 4) is 0 Å². The fourth-order valence-electron chi connectivity index (χ4n) is 1.16. The second-order valence-electron chi connectivity index (χ2n) is 3.05. The van der Waals surface area contributed by atoms with Gasteiger partial charge in [-0.2, -0.15) is 0 Å². The van der Waals surface area contributed by atoms with Crippen LogP contribution in [0.15, 0.2) is 24.3 Å². The summed E-state index contributed by atoms with van der Waals surface area (Å²) in [4.78, 5) is 11.4. The van der Waals surface area contributed by atoms with E-state index in [0.717, 1.165) is 5.56 Å². The molecule has 0 N–H and O–H groups in total. The van der Waals surface area contributed by atoms with Gasteiger partial charge in [0.2, 0.25) is 0 Å². The summed E-state index contributed by atoms with van der Waals surface area (Å²) < 4.78 is 4.83. The predicted molar refractivity (Wildman–Crippen MR) is 56.7 cm³/mol. The van der Waals surface area contributed by atoms with Gasteiger partial charge in [-0.05, 0) is 11.6 Å². The summed E-state index contributed by atoms with van der Waals surface area (Å²) in [6, 6.07) is 7.39. The van der Waals surface area contributed by atoms with Gasteiger partial charge in [0.1, 0.15) is 5.78 Å². The van der Waals surface area contributed by atoms with Crippen molar-refractivity contribution in [2.75, 3.05) is 13.7 Å². The molecule has 0 aliphatic carbocycles. The van der Waals surface area contributed by atoms with Crippen LogP contribution in [0, 0.1) is 0 Å². The third-order valence-electron chi connectivity index (χ3n) is 1.93. The smallest absolute Gasteiger partial charge is 0.139 e. The molecule has 0 radical (unpaired) electrons. The number of methoxy groups -OCH3 is 1. The summed E-state index contributed by atoms with van der Waals surface area (Å²) in [6.45, 7) is 0.475. The number of ether oxygens (including phenoxy) is 1. The van der Waals surface area contributed by atoms with E-state index in [2.05, 4.69) is 0 Å². The molecule has 76 valence electrons. The molecule has 0 aromatic heterocycles. The predicted octanol–water partition coefficient (Wildman–Crippen LogP) is 2.49. The average molecular weight is 213 g/mol. The molecule has 0 amide bonds. The molecule has 0 aliphatic heterocycles. The number of hydrogen-bond acceptors (Lipinski definition) is 2. The Balaban J connectivity index is 2.52. The highest BCUT2D eigenvalue weighted by Gasteiger charge is 2.05. The largest absolute Gasteiger partial charge is 0.384 e. The molecule has 0 heterocycles. The molecule has 1 rings (SSSR count). The van der Waals surface area contributed by atoms with Crippen molar-refractivity contribution in [1.82, 2.24) is 0 Å². The normalized spacial score (nSPS) is 10.1. The minimum absolute atomic E-state index is 0.153. The second kappa shape index (κ2) is 5.78. The number of Topliss-reactive ketones (excluding diaryl/α,β-unsaturated/α-hetero) is 1. The van der Waals surface area contributed by atoms with Gasteiger partial charge in [0.05, 0.1) is 6.61 Å². The van der Waals surface area contributed by atoms with Crippen molar-refractivity contribution in [1.29, 1.82) is 0 Å². The Morgan fingerprint density at radius 1 is 1.43 bits per heavy atom. The first-order valence-corrected chi connectivity index (χ1v) is 4.86. The quantitative estimate of drug-likeness (QED) is 0.750. The van der Waals surface area contributed by atoms with Gasteiger partial charge >= 0.3 is 0 Å². The van der Waals surface area contributed by atoms with Crippen LogP contribution in [-0.4, -0.2) is 19.5 Å². The standard InChI is InChI=1S/C11H13ClO2/c1-14-7-6-10(13)8-9-4-2-3-5-11(9)12/h2-5H,6-8H2,1H3. The van der Waals surface area contributed by atoms with Gasteiger partial charge < -0.3 is 4.74 Å². The molecular weight excluding hydrogens is 200 g/mol. The lowest BCUT2D eigenvalue weighted by Gasteiger charge is -2.02. The van der Waals surface area contributed by atoms with Gasteiger partial charge in [-0.15, -0.1) is 0 Å². The zero-order valence-electron chi connectivity index (χ0n) is 8.13. The van der Waals surface area contributed by atoms with Gasteiger partial charge in [0, 0.05) is 25.0 Å². The maximum Gasteiger partial charge on any atom is 0.139 e. The summed E-state index contributed by atoms with van der Waals surface area (Å²) in [5.41, 5.74) is 0.885. The number of rotatable bonds is 5. The molecule has 1 aromatic rings. The van der Waals surface area contributed by atoms with Crippen LogP contribution in [0.3, 0.4) is 0 Å². The molecule has 0 aliphatic rings. The van der Waals surface area contributed by atoms with Crippen LogP contribution < -0.4 is 0 Å². The van der Waals surface area contributed by atoms with Crippen molar-refractivity contribution in [2.24, 2.45) is 0 Å². The molecule has 0 spiro atoms. The van der Waals surface area contributed by atoms with Gasteiger partial charge in [-0.1, -0.05) is 29.8 Å². The maximum absolute atomic E-state index is 11.4. The summed E-state index contributed by atoms with van der Waals surface area (Å²) >= 11 is 5.92. The highest BCUT2D eigenvalue weighted by molar-refractivity contribution is 6.31. The number of halogens is 1. The van der Waals surface area contributed by atoms with Crippen molar-refractivity contribution in [2.45, 2.75) is 12.8 Å². The lowest BCUT2D eigenvalue weighted by Crippen LogP contribution is -2.06. The molecule has 0 atom stereocenters. The first-order chi connectivity index (χ1) is 6.74. The van der Waals surface area contributed by atoms with E-state index >= 15 is 0 Å². The fourth-order valence-corrected chi connectivity index (χ4v) is 1.36. The molecule has 2 nitrogen and oxygen atoms in total. The van der Waals surface area contributed by atoms with Gasteiger partial charge in [-0.3, -0.25) is 4.79 Å². The van der Waals surface area contributed by atoms with E-state index in [9.17, 15) is 4.79 Å². The van der Waals surface area contributed by atoms with Gasteiger partial charge in [0.25, 0.3) is 0 Å². The first kappa shape index (κ1) is 11.2. The van der Waals surface area contributed by atoms with Crippen molar-refractivity contribution >= 4 is 17.4 Å². The van der Waals surface area contributed by atoms with E-state index in [-0.39, 0.29) is 5.78 Å². The second-order valence-corrected chi connectivity index (χ2v) is 3.46. The molecule has 14 heavy (non-hydrogen) atoms. The molecule has 1 aromatic carbocycles. The molecule has 0 saturated heterocycles. The van der Waals surface area contributed by atoms with E-state index < -0.39 is 0 Å². The van der Waals surface area contributed by atoms with Crippen LogP contribution in [0.1, 0.15) is 12.0 Å². The lowest BCUT2D eigenvalue weighted by molar-refractivity contribution is -0.119. The Morgan fingerprint density at radius 3 is 2.79 bits per heavy atom.